The van der Waals surface area contributed by atoms with Crippen LogP contribution in [0.1, 0.15) is 21.8 Å². The molecule has 0 unspecified atom stereocenters. The van der Waals surface area contributed by atoms with Gasteiger partial charge in [-0.3, -0.25) is 9.59 Å². The van der Waals surface area contributed by atoms with Gasteiger partial charge in [0, 0.05) is 12.1 Å². The number of benzene rings is 2. The number of fused-ring (bicyclic) bond motifs is 1. The van der Waals surface area contributed by atoms with Gasteiger partial charge in [0.15, 0.2) is 0 Å². The third-order valence-corrected chi connectivity index (χ3v) is 4.36. The monoisotopic (exact) mass is 340 g/mol. The summed E-state index contributed by atoms with van der Waals surface area (Å²) in [7, 11) is 0. The third kappa shape index (κ3) is 4.17. The van der Waals surface area contributed by atoms with Crippen molar-refractivity contribution in [2.45, 2.75) is 13.0 Å². The molecule has 0 radical (unpaired) electrons. The molecule has 0 saturated carbocycles. The molecule has 0 saturated heterocycles. The minimum atomic E-state index is -0.359. The van der Waals surface area contributed by atoms with E-state index >= 15 is 0 Å². The fourth-order valence-electron chi connectivity index (χ4n) is 2.17. The van der Waals surface area contributed by atoms with E-state index in [1.807, 2.05) is 30.3 Å². The number of nitrogens with zero attached hydrogens (tertiary/aromatic N) is 1. The quantitative estimate of drug-likeness (QED) is 0.700. The Balaban J connectivity index is 1.42. The van der Waals surface area contributed by atoms with Crippen LogP contribution >= 0.6 is 11.3 Å². The lowest BCUT2D eigenvalue weighted by molar-refractivity contribution is -0.144. The molecule has 0 fully saturated rings. The van der Waals surface area contributed by atoms with Crippen LogP contribution in [0.4, 0.5) is 0 Å². The van der Waals surface area contributed by atoms with Gasteiger partial charge in [0.05, 0.1) is 16.6 Å². The van der Waals surface area contributed by atoms with E-state index in [-0.39, 0.29) is 31.4 Å². The van der Waals surface area contributed by atoms with E-state index in [1.54, 1.807) is 24.3 Å². The molecule has 0 aliphatic carbocycles. The molecular formula is C18H16N2O3S. The van der Waals surface area contributed by atoms with Gasteiger partial charge in [-0.05, 0) is 24.3 Å². The van der Waals surface area contributed by atoms with Crippen LogP contribution in [0.5, 0.6) is 0 Å². The van der Waals surface area contributed by atoms with Crippen molar-refractivity contribution in [1.82, 2.24) is 10.3 Å². The second-order valence-corrected chi connectivity index (χ2v) is 6.22. The summed E-state index contributed by atoms with van der Waals surface area (Å²) < 4.78 is 6.27. The molecule has 1 heterocycles. The molecule has 3 aromatic rings. The highest BCUT2D eigenvalue weighted by Crippen LogP contribution is 2.21. The van der Waals surface area contributed by atoms with Gasteiger partial charge in [-0.25, -0.2) is 4.98 Å². The Labute approximate surface area is 143 Å². The first-order valence-electron chi connectivity index (χ1n) is 7.56. The Bertz CT molecular complexity index is 813. The first-order chi connectivity index (χ1) is 11.7. The van der Waals surface area contributed by atoms with Crippen LogP contribution < -0.4 is 5.32 Å². The van der Waals surface area contributed by atoms with E-state index in [2.05, 4.69) is 10.3 Å². The zero-order valence-electron chi connectivity index (χ0n) is 12.9. The number of hydrogen-bond acceptors (Lipinski definition) is 5. The summed E-state index contributed by atoms with van der Waals surface area (Å²) in [4.78, 5) is 28.0. The van der Waals surface area contributed by atoms with Crippen molar-refractivity contribution in [2.24, 2.45) is 0 Å². The van der Waals surface area contributed by atoms with Crippen LogP contribution in [0.15, 0.2) is 54.6 Å². The Hall–Kier alpha value is -2.73. The lowest BCUT2D eigenvalue weighted by atomic mass is 10.2. The van der Waals surface area contributed by atoms with Gasteiger partial charge in [0.2, 0.25) is 0 Å². The van der Waals surface area contributed by atoms with Crippen LogP contribution in [-0.4, -0.2) is 23.4 Å². The second kappa shape index (κ2) is 7.70. The molecule has 24 heavy (non-hydrogen) atoms. The fourth-order valence-corrected chi connectivity index (χ4v) is 3.05. The van der Waals surface area contributed by atoms with Crippen molar-refractivity contribution in [3.8, 4) is 0 Å². The van der Waals surface area contributed by atoms with E-state index in [0.29, 0.717) is 5.56 Å². The number of aromatic nitrogens is 1. The maximum Gasteiger partial charge on any atom is 0.307 e. The van der Waals surface area contributed by atoms with E-state index in [0.717, 1.165) is 15.2 Å². The average molecular weight is 340 g/mol. The minimum Gasteiger partial charge on any atom is -0.458 e. The summed E-state index contributed by atoms with van der Waals surface area (Å²) >= 11 is 1.51. The topological polar surface area (TPSA) is 68.3 Å². The number of rotatable bonds is 6. The molecular weight excluding hydrogens is 324 g/mol. The standard InChI is InChI=1S/C18H16N2O3S/c21-17(10-11-19-18(22)13-6-2-1-3-7-13)23-12-16-20-14-8-4-5-9-15(14)24-16/h1-9H,10-12H2,(H,19,22). The Morgan fingerprint density at radius 3 is 2.58 bits per heavy atom. The number of ether oxygens (including phenoxy) is 1. The minimum absolute atomic E-state index is 0.128. The molecule has 6 heteroatoms. The van der Waals surface area contributed by atoms with E-state index in [9.17, 15) is 9.59 Å². The molecule has 122 valence electrons. The molecule has 1 amide bonds. The second-order valence-electron chi connectivity index (χ2n) is 5.11. The van der Waals surface area contributed by atoms with Crippen molar-refractivity contribution >= 4 is 33.4 Å². The predicted molar refractivity (Wildman–Crippen MR) is 92.8 cm³/mol. The SMILES string of the molecule is O=C(CCNC(=O)c1ccccc1)OCc1nc2ccccc2s1. The van der Waals surface area contributed by atoms with Gasteiger partial charge < -0.3 is 10.1 Å². The highest BCUT2D eigenvalue weighted by atomic mass is 32.1. The Morgan fingerprint density at radius 1 is 1.04 bits per heavy atom. The van der Waals surface area contributed by atoms with Gasteiger partial charge in [0.25, 0.3) is 5.91 Å². The largest absolute Gasteiger partial charge is 0.458 e. The lowest BCUT2D eigenvalue weighted by Gasteiger charge is -2.05. The number of thiazole rings is 1. The third-order valence-electron chi connectivity index (χ3n) is 3.35. The summed E-state index contributed by atoms with van der Waals surface area (Å²) in [6, 6.07) is 16.7. The van der Waals surface area contributed by atoms with Crippen molar-refractivity contribution in [3.05, 3.63) is 65.2 Å². The molecule has 0 aliphatic rings. The summed E-state index contributed by atoms with van der Waals surface area (Å²) in [6.45, 7) is 0.400. The molecule has 2 aromatic carbocycles. The number of amides is 1. The summed E-state index contributed by atoms with van der Waals surface area (Å²) in [5.74, 6) is -0.558. The molecule has 0 atom stereocenters. The van der Waals surface area contributed by atoms with Crippen LogP contribution in [0.3, 0.4) is 0 Å². The number of hydrogen-bond donors (Lipinski definition) is 1. The maximum atomic E-state index is 11.8. The van der Waals surface area contributed by atoms with Crippen molar-refractivity contribution < 1.29 is 14.3 Å². The molecule has 3 rings (SSSR count). The smallest absolute Gasteiger partial charge is 0.307 e. The van der Waals surface area contributed by atoms with Crippen LogP contribution in [0.25, 0.3) is 10.2 Å². The first kappa shape index (κ1) is 16.1. The molecule has 0 spiro atoms. The van der Waals surface area contributed by atoms with Crippen LogP contribution in [0, 0.1) is 0 Å². The molecule has 1 N–H and O–H groups in total. The lowest BCUT2D eigenvalue weighted by Crippen LogP contribution is -2.26. The average Bonchev–Trinajstić information content (AvgIpc) is 3.03. The normalized spacial score (nSPS) is 10.5. The van der Waals surface area contributed by atoms with Gasteiger partial charge in [0.1, 0.15) is 11.6 Å². The Kier molecular flexibility index (Phi) is 5.18. The highest BCUT2D eigenvalue weighted by Gasteiger charge is 2.09. The van der Waals surface area contributed by atoms with Crippen LogP contribution in [0.2, 0.25) is 0 Å². The highest BCUT2D eigenvalue weighted by molar-refractivity contribution is 7.18. The summed E-state index contributed by atoms with van der Waals surface area (Å²) in [6.07, 6.45) is 0.128. The maximum absolute atomic E-state index is 11.8. The van der Waals surface area contributed by atoms with Crippen molar-refractivity contribution in [2.75, 3.05) is 6.54 Å². The number of nitrogens with one attached hydrogen (secondary N) is 1. The zero-order valence-corrected chi connectivity index (χ0v) is 13.7. The molecule has 5 nitrogen and oxygen atoms in total. The zero-order chi connectivity index (χ0) is 16.8. The van der Waals surface area contributed by atoms with Crippen molar-refractivity contribution in [3.63, 3.8) is 0 Å². The van der Waals surface area contributed by atoms with Gasteiger partial charge in [-0.1, -0.05) is 30.3 Å². The molecule has 1 aromatic heterocycles. The van der Waals surface area contributed by atoms with E-state index in [4.69, 9.17) is 4.74 Å². The van der Waals surface area contributed by atoms with E-state index < -0.39 is 0 Å². The number of esters is 1. The summed E-state index contributed by atoms with van der Waals surface area (Å²) in [5, 5.41) is 3.46. The van der Waals surface area contributed by atoms with E-state index in [1.165, 1.54) is 11.3 Å². The first-order valence-corrected chi connectivity index (χ1v) is 8.37. The number of carbonyl (C=O) groups excluding carboxylic acids is 2. The summed E-state index contributed by atoms with van der Waals surface area (Å²) in [5.41, 5.74) is 1.48. The molecule has 0 aliphatic heterocycles. The molecule has 0 bridgehead atoms. The number of carbonyl (C=O) groups is 2. The van der Waals surface area contributed by atoms with Gasteiger partial charge >= 0.3 is 5.97 Å². The number of para-hydroxylation sites is 1. The van der Waals surface area contributed by atoms with Gasteiger partial charge in [-0.15, -0.1) is 11.3 Å². The fraction of sp³-hybridized carbons (Fsp3) is 0.167. The van der Waals surface area contributed by atoms with Crippen molar-refractivity contribution in [1.29, 1.82) is 0 Å². The van der Waals surface area contributed by atoms with Crippen LogP contribution in [-0.2, 0) is 16.1 Å². The Morgan fingerprint density at radius 2 is 1.79 bits per heavy atom. The van der Waals surface area contributed by atoms with Gasteiger partial charge in [-0.2, -0.15) is 0 Å². The predicted octanol–water partition coefficient (Wildman–Crippen LogP) is 3.16.